The predicted octanol–water partition coefficient (Wildman–Crippen LogP) is 3.50. The molecule has 4 rings (SSSR count). The molecule has 2 heterocycles. The molecular formula is C18H14BrFN2O3S2. The van der Waals surface area contributed by atoms with Crippen molar-refractivity contribution in [2.24, 2.45) is 4.99 Å². The predicted molar refractivity (Wildman–Crippen MR) is 109 cm³/mol. The van der Waals surface area contributed by atoms with Gasteiger partial charge in [0.2, 0.25) is 0 Å². The van der Waals surface area contributed by atoms with Crippen molar-refractivity contribution in [1.29, 1.82) is 0 Å². The first kappa shape index (κ1) is 18.6. The number of carbonyl (C=O) groups excluding carboxylic acids is 1. The van der Waals surface area contributed by atoms with Gasteiger partial charge >= 0.3 is 0 Å². The smallest absolute Gasteiger partial charge is 0.279 e. The lowest BCUT2D eigenvalue weighted by atomic mass is 10.2. The van der Waals surface area contributed by atoms with Gasteiger partial charge in [0, 0.05) is 15.3 Å². The molecule has 2 saturated heterocycles. The number of amides is 1. The molecule has 5 nitrogen and oxygen atoms in total. The monoisotopic (exact) mass is 468 g/mol. The number of fused-ring (bicyclic) bond motifs is 1. The van der Waals surface area contributed by atoms with Crippen LogP contribution in [0.1, 0.15) is 10.4 Å². The van der Waals surface area contributed by atoms with Gasteiger partial charge in [0.05, 0.1) is 23.2 Å². The number of aliphatic imine (C=N–C) groups is 1. The number of amidine groups is 1. The van der Waals surface area contributed by atoms with Crippen LogP contribution < -0.4 is 4.90 Å². The van der Waals surface area contributed by atoms with Gasteiger partial charge in [-0.1, -0.05) is 45.9 Å². The topological polar surface area (TPSA) is 66.8 Å². The largest absolute Gasteiger partial charge is 0.313 e. The normalized spacial score (nSPS) is 25.0. The molecule has 9 heteroatoms. The molecule has 0 aliphatic carbocycles. The van der Waals surface area contributed by atoms with Crippen LogP contribution in [-0.2, 0) is 9.84 Å². The fourth-order valence-electron chi connectivity index (χ4n) is 3.25. The molecule has 0 bridgehead atoms. The van der Waals surface area contributed by atoms with E-state index in [0.717, 1.165) is 0 Å². The highest BCUT2D eigenvalue weighted by Crippen LogP contribution is 2.42. The molecule has 0 spiro atoms. The molecule has 140 valence electrons. The molecule has 27 heavy (non-hydrogen) atoms. The summed E-state index contributed by atoms with van der Waals surface area (Å²) in [5, 5.41) is 0.0512. The third-order valence-corrected chi connectivity index (χ3v) is 8.16. The number of halogens is 2. The minimum Gasteiger partial charge on any atom is -0.313 e. The second-order valence-corrected chi connectivity index (χ2v) is 10.6. The van der Waals surface area contributed by atoms with Crippen LogP contribution in [0.2, 0.25) is 0 Å². The quantitative estimate of drug-likeness (QED) is 0.674. The van der Waals surface area contributed by atoms with Crippen molar-refractivity contribution in [3.05, 3.63) is 64.4 Å². The van der Waals surface area contributed by atoms with Gasteiger partial charge in [0.25, 0.3) is 5.91 Å². The molecule has 0 aromatic heterocycles. The van der Waals surface area contributed by atoms with Crippen LogP contribution in [0.25, 0.3) is 0 Å². The number of sulfone groups is 1. The summed E-state index contributed by atoms with van der Waals surface area (Å²) >= 11 is 4.44. The summed E-state index contributed by atoms with van der Waals surface area (Å²) in [7, 11) is -3.21. The number of benzene rings is 2. The van der Waals surface area contributed by atoms with Crippen molar-refractivity contribution in [2.45, 2.75) is 11.3 Å². The van der Waals surface area contributed by atoms with Crippen molar-refractivity contribution in [2.75, 3.05) is 16.4 Å². The Morgan fingerprint density at radius 2 is 1.93 bits per heavy atom. The Kier molecular flexibility index (Phi) is 4.85. The van der Waals surface area contributed by atoms with Crippen LogP contribution in [0.3, 0.4) is 0 Å². The second kappa shape index (κ2) is 7.03. The summed E-state index contributed by atoms with van der Waals surface area (Å²) in [5.74, 6) is -1.04. The minimum atomic E-state index is -3.21. The van der Waals surface area contributed by atoms with E-state index in [4.69, 9.17) is 0 Å². The van der Waals surface area contributed by atoms with Crippen LogP contribution >= 0.6 is 27.7 Å². The standard InChI is InChI=1S/C18H14BrFN2O3S2/c19-12-6-7-14(13(20)8-12)22-15-9-27(24,25)10-16(15)26-18(22)21-17(23)11-4-2-1-3-5-11/h1-8,15-16H,9-10H2/t15-,16-/m1/s1. The number of carbonyl (C=O) groups is 1. The number of thioether (sulfide) groups is 1. The van der Waals surface area contributed by atoms with E-state index in [2.05, 4.69) is 20.9 Å². The number of nitrogens with zero attached hydrogens (tertiary/aromatic N) is 2. The first-order valence-corrected chi connectivity index (χ1v) is 11.6. The van der Waals surface area contributed by atoms with E-state index in [9.17, 15) is 17.6 Å². The molecular weight excluding hydrogens is 455 g/mol. The molecule has 0 N–H and O–H groups in total. The Morgan fingerprint density at radius 3 is 2.63 bits per heavy atom. The molecule has 0 radical (unpaired) electrons. The number of rotatable bonds is 2. The third kappa shape index (κ3) is 3.68. The lowest BCUT2D eigenvalue weighted by Crippen LogP contribution is -2.38. The van der Waals surface area contributed by atoms with E-state index in [0.29, 0.717) is 15.2 Å². The molecule has 2 fully saturated rings. The zero-order chi connectivity index (χ0) is 19.2. The Balaban J connectivity index is 1.76. The Labute approximate surface area is 168 Å². The van der Waals surface area contributed by atoms with Crippen molar-refractivity contribution in [3.8, 4) is 0 Å². The van der Waals surface area contributed by atoms with E-state index in [-0.39, 0.29) is 22.4 Å². The van der Waals surface area contributed by atoms with Crippen molar-refractivity contribution in [1.82, 2.24) is 0 Å². The molecule has 2 atom stereocenters. The first-order valence-electron chi connectivity index (χ1n) is 8.13. The zero-order valence-electron chi connectivity index (χ0n) is 13.9. The zero-order valence-corrected chi connectivity index (χ0v) is 17.1. The van der Waals surface area contributed by atoms with Crippen LogP contribution in [-0.4, -0.2) is 42.3 Å². The summed E-state index contributed by atoms with van der Waals surface area (Å²) in [5.41, 5.74) is 0.640. The van der Waals surface area contributed by atoms with Gasteiger partial charge in [-0.05, 0) is 30.3 Å². The molecule has 2 aromatic carbocycles. The maximum Gasteiger partial charge on any atom is 0.279 e. The molecule has 1 amide bonds. The van der Waals surface area contributed by atoms with Gasteiger partial charge in [0.1, 0.15) is 5.82 Å². The third-order valence-electron chi connectivity index (χ3n) is 4.45. The number of hydrogen-bond donors (Lipinski definition) is 0. The van der Waals surface area contributed by atoms with Gasteiger partial charge in [0.15, 0.2) is 15.0 Å². The molecule has 2 aliphatic rings. The van der Waals surface area contributed by atoms with Crippen LogP contribution in [0.5, 0.6) is 0 Å². The maximum absolute atomic E-state index is 14.6. The Bertz CT molecular complexity index is 1040. The lowest BCUT2D eigenvalue weighted by Gasteiger charge is -2.25. The van der Waals surface area contributed by atoms with Crippen LogP contribution in [0, 0.1) is 5.82 Å². The average Bonchev–Trinajstić information content (AvgIpc) is 3.07. The van der Waals surface area contributed by atoms with E-state index in [1.807, 2.05) is 0 Å². The summed E-state index contributed by atoms with van der Waals surface area (Å²) in [6, 6.07) is 12.7. The highest BCUT2D eigenvalue weighted by molar-refractivity contribution is 9.10. The Hall–Kier alpha value is -1.71. The second-order valence-electron chi connectivity index (χ2n) is 6.33. The fourth-order valence-corrected chi connectivity index (χ4v) is 7.49. The van der Waals surface area contributed by atoms with Gasteiger partial charge in [-0.15, -0.1) is 0 Å². The van der Waals surface area contributed by atoms with Crippen LogP contribution in [0.4, 0.5) is 10.1 Å². The van der Waals surface area contributed by atoms with E-state index < -0.39 is 27.6 Å². The SMILES string of the molecule is O=C(N=C1S[C@@H]2CS(=O)(=O)C[C@H]2N1c1ccc(Br)cc1F)c1ccccc1. The summed E-state index contributed by atoms with van der Waals surface area (Å²) in [6.45, 7) is 0. The summed E-state index contributed by atoms with van der Waals surface area (Å²) in [4.78, 5) is 18.3. The lowest BCUT2D eigenvalue weighted by molar-refractivity contribution is 0.100. The number of anilines is 1. The maximum atomic E-state index is 14.6. The molecule has 2 aliphatic heterocycles. The van der Waals surface area contributed by atoms with Gasteiger partial charge in [-0.2, -0.15) is 4.99 Å². The van der Waals surface area contributed by atoms with Gasteiger partial charge < -0.3 is 4.90 Å². The van der Waals surface area contributed by atoms with Crippen molar-refractivity contribution in [3.63, 3.8) is 0 Å². The first-order chi connectivity index (χ1) is 12.8. The molecule has 0 unspecified atom stereocenters. The van der Waals surface area contributed by atoms with Crippen LogP contribution in [0.15, 0.2) is 58.0 Å². The Morgan fingerprint density at radius 1 is 1.19 bits per heavy atom. The highest BCUT2D eigenvalue weighted by atomic mass is 79.9. The van der Waals surface area contributed by atoms with Gasteiger partial charge in [-0.3, -0.25) is 4.79 Å². The van der Waals surface area contributed by atoms with E-state index in [1.54, 1.807) is 47.4 Å². The molecule has 2 aromatic rings. The minimum absolute atomic E-state index is 0.00444. The fraction of sp³-hybridized carbons (Fsp3) is 0.222. The average molecular weight is 469 g/mol. The van der Waals surface area contributed by atoms with Crippen molar-refractivity contribution >= 4 is 54.3 Å². The highest BCUT2D eigenvalue weighted by Gasteiger charge is 2.50. The summed E-state index contributed by atoms with van der Waals surface area (Å²) < 4.78 is 39.3. The number of hydrogen-bond acceptors (Lipinski definition) is 4. The molecule has 0 saturated carbocycles. The van der Waals surface area contributed by atoms with Gasteiger partial charge in [-0.25, -0.2) is 12.8 Å². The van der Waals surface area contributed by atoms with Crippen molar-refractivity contribution < 1.29 is 17.6 Å². The van der Waals surface area contributed by atoms with E-state index in [1.165, 1.54) is 17.8 Å². The van der Waals surface area contributed by atoms with E-state index >= 15 is 0 Å². The summed E-state index contributed by atoms with van der Waals surface area (Å²) in [6.07, 6.45) is 0.